The Balaban J connectivity index is 1.52. The minimum absolute atomic E-state index is 0.114. The normalized spacial score (nSPS) is 28.1. The first-order valence-electron chi connectivity index (χ1n) is 10.4. The highest BCUT2D eigenvalue weighted by molar-refractivity contribution is 6.01. The summed E-state index contributed by atoms with van der Waals surface area (Å²) in [5, 5.41) is 12.9. The number of nitrogens with zero attached hydrogens (tertiary/aromatic N) is 3. The monoisotopic (exact) mass is 430 g/mol. The van der Waals surface area contributed by atoms with Crippen LogP contribution in [-0.4, -0.2) is 33.8 Å². The minimum atomic E-state index is -0.681. The number of aliphatic imine (C=N–C) groups is 2. The van der Waals surface area contributed by atoms with Crippen LogP contribution in [0.15, 0.2) is 82.3 Å². The van der Waals surface area contributed by atoms with Gasteiger partial charge in [0.15, 0.2) is 5.75 Å². The van der Waals surface area contributed by atoms with E-state index in [4.69, 9.17) is 15.6 Å². The topological polar surface area (TPSA) is 109 Å². The molecule has 1 aliphatic carbocycles. The van der Waals surface area contributed by atoms with Crippen molar-refractivity contribution in [1.82, 2.24) is 0 Å². The lowest BCUT2D eigenvalue weighted by Gasteiger charge is -2.40. The molecular formula is C24H24N5O3+. The van der Waals surface area contributed by atoms with Gasteiger partial charge in [-0.25, -0.2) is 0 Å². The molecule has 0 radical (unpaired) electrons. The van der Waals surface area contributed by atoms with Crippen LogP contribution in [0.5, 0.6) is 11.5 Å². The maximum absolute atomic E-state index is 11.3. The number of anilines is 1. The Labute approximate surface area is 185 Å². The molecule has 2 aromatic rings. The highest BCUT2D eigenvalue weighted by Gasteiger charge is 2.50. The second kappa shape index (κ2) is 7.52. The molecule has 1 amide bonds. The zero-order valence-corrected chi connectivity index (χ0v) is 17.6. The fourth-order valence-electron chi connectivity index (χ4n) is 4.45. The van der Waals surface area contributed by atoms with E-state index >= 15 is 0 Å². The number of amides is 1. The summed E-state index contributed by atoms with van der Waals surface area (Å²) in [6, 6.07) is 14.8. The molecule has 0 saturated heterocycles. The standard InChI is InChI=1S/C24H23N5O3/c1-24(31)12-17(13-24)22-20-14-26-9-10-29(20,25)23(28-22)16-7-8-21(19(11-16)27-15-30)32-18-5-3-2-4-6-18/h2-11,14-15,17,31H,12-13,25H2,1H3/p+1. The molecule has 1 unspecified atom stereocenters. The predicted octanol–water partition coefficient (Wildman–Crippen LogP) is 3.43. The smallest absolute Gasteiger partial charge is 0.264 e. The zero-order valence-electron chi connectivity index (χ0n) is 17.6. The Bertz CT molecular complexity index is 1190. The van der Waals surface area contributed by atoms with Crippen LogP contribution in [-0.2, 0) is 4.79 Å². The molecule has 1 saturated carbocycles. The average Bonchev–Trinajstić information content (AvgIpc) is 3.07. The van der Waals surface area contributed by atoms with Gasteiger partial charge >= 0.3 is 0 Å². The molecule has 3 aliphatic rings. The SMILES string of the molecule is CC1(O)CC(C2=C3C=NC=C[N+]3(N)C(c3ccc(Oc4ccccc4)c(NC=O)c3)=N2)C1. The van der Waals surface area contributed by atoms with Crippen LogP contribution < -0.4 is 15.9 Å². The number of carbonyl (C=O) groups excluding carboxylic acids is 1. The summed E-state index contributed by atoms with van der Waals surface area (Å²) >= 11 is 0. The second-order valence-corrected chi connectivity index (χ2v) is 8.55. The number of fused-ring (bicyclic) bond motifs is 1. The fraction of sp³-hybridized carbons (Fsp3) is 0.208. The number of ether oxygens (including phenoxy) is 1. The summed E-state index contributed by atoms with van der Waals surface area (Å²) in [7, 11) is 0. The first-order valence-corrected chi connectivity index (χ1v) is 10.4. The van der Waals surface area contributed by atoms with E-state index in [1.807, 2.05) is 43.3 Å². The maximum atomic E-state index is 11.3. The van der Waals surface area contributed by atoms with Crippen LogP contribution in [0, 0.1) is 5.92 Å². The largest absolute Gasteiger partial charge is 0.455 e. The summed E-state index contributed by atoms with van der Waals surface area (Å²) < 4.78 is 5.84. The lowest BCUT2D eigenvalue weighted by atomic mass is 9.70. The number of hydrogen-bond acceptors (Lipinski definition) is 6. The molecule has 2 aliphatic heterocycles. The van der Waals surface area contributed by atoms with Crippen molar-refractivity contribution in [2.45, 2.75) is 25.4 Å². The van der Waals surface area contributed by atoms with Gasteiger partial charge in [-0.15, -0.1) is 4.59 Å². The number of nitrogens with one attached hydrogen (secondary N) is 1. The first-order chi connectivity index (χ1) is 15.4. The summed E-state index contributed by atoms with van der Waals surface area (Å²) in [5.41, 5.74) is 2.21. The van der Waals surface area contributed by atoms with Gasteiger partial charge in [-0.2, -0.15) is 10.8 Å². The van der Waals surface area contributed by atoms with Crippen molar-refractivity contribution in [3.05, 3.63) is 77.9 Å². The van der Waals surface area contributed by atoms with E-state index in [9.17, 15) is 9.90 Å². The van der Waals surface area contributed by atoms with Crippen LogP contribution >= 0.6 is 0 Å². The molecule has 32 heavy (non-hydrogen) atoms. The van der Waals surface area contributed by atoms with E-state index < -0.39 is 5.60 Å². The van der Waals surface area contributed by atoms with Crippen molar-refractivity contribution in [2.24, 2.45) is 21.7 Å². The van der Waals surface area contributed by atoms with Crippen molar-refractivity contribution >= 4 is 24.1 Å². The van der Waals surface area contributed by atoms with Crippen LogP contribution in [0.4, 0.5) is 5.69 Å². The van der Waals surface area contributed by atoms with E-state index in [-0.39, 0.29) is 10.5 Å². The Morgan fingerprint density at radius 1 is 1.25 bits per heavy atom. The van der Waals surface area contributed by atoms with E-state index in [0.717, 1.165) is 17.0 Å². The molecule has 4 N–H and O–H groups in total. The van der Waals surface area contributed by atoms with Crippen molar-refractivity contribution in [3.8, 4) is 11.5 Å². The lowest BCUT2D eigenvalue weighted by Crippen LogP contribution is -2.53. The number of rotatable bonds is 6. The number of allylic oxidation sites excluding steroid dienone is 2. The molecule has 8 nitrogen and oxygen atoms in total. The number of para-hydroxylation sites is 1. The van der Waals surface area contributed by atoms with Crippen LogP contribution in [0.3, 0.4) is 0 Å². The summed E-state index contributed by atoms with van der Waals surface area (Å²) in [5.74, 6) is 8.69. The molecular weight excluding hydrogens is 406 g/mol. The molecule has 0 aromatic heterocycles. The third-order valence-electron chi connectivity index (χ3n) is 6.00. The van der Waals surface area contributed by atoms with Crippen LogP contribution in [0.2, 0.25) is 0 Å². The number of benzene rings is 2. The Morgan fingerprint density at radius 2 is 2.03 bits per heavy atom. The zero-order chi connectivity index (χ0) is 22.3. The molecule has 0 spiro atoms. The summed E-state index contributed by atoms with van der Waals surface area (Å²) in [6.07, 6.45) is 7.02. The number of aliphatic hydroxyl groups is 1. The number of amidine groups is 1. The van der Waals surface area contributed by atoms with Crippen LogP contribution in [0.1, 0.15) is 25.3 Å². The van der Waals surface area contributed by atoms with E-state index in [1.54, 1.807) is 30.7 Å². The molecule has 1 atom stereocenters. The van der Waals surface area contributed by atoms with Gasteiger partial charge in [-0.05, 0) is 50.1 Å². The Hall–Kier alpha value is -3.59. The van der Waals surface area contributed by atoms with Crippen molar-refractivity contribution in [3.63, 3.8) is 0 Å². The van der Waals surface area contributed by atoms with Crippen molar-refractivity contribution in [2.75, 3.05) is 5.32 Å². The predicted molar refractivity (Wildman–Crippen MR) is 122 cm³/mol. The molecule has 162 valence electrons. The lowest BCUT2D eigenvalue weighted by molar-refractivity contribution is -0.750. The van der Waals surface area contributed by atoms with Gasteiger partial charge in [0.25, 0.3) is 5.84 Å². The van der Waals surface area contributed by atoms with Gasteiger partial charge in [0, 0.05) is 5.92 Å². The molecule has 5 rings (SSSR count). The number of carbonyl (C=O) groups is 1. The number of quaternary nitrogens is 1. The minimum Gasteiger partial charge on any atom is -0.455 e. The van der Waals surface area contributed by atoms with Gasteiger partial charge in [-0.3, -0.25) is 9.79 Å². The molecule has 1 fully saturated rings. The summed E-state index contributed by atoms with van der Waals surface area (Å²) in [6.45, 7) is 1.83. The average molecular weight is 430 g/mol. The van der Waals surface area contributed by atoms with Crippen LogP contribution in [0.25, 0.3) is 0 Å². The third-order valence-corrected chi connectivity index (χ3v) is 6.00. The van der Waals surface area contributed by atoms with Gasteiger partial charge in [-0.1, -0.05) is 18.2 Å². The maximum Gasteiger partial charge on any atom is 0.264 e. The molecule has 8 heteroatoms. The van der Waals surface area contributed by atoms with Gasteiger partial charge < -0.3 is 15.2 Å². The third kappa shape index (κ3) is 3.44. The first kappa shape index (κ1) is 20.3. The van der Waals surface area contributed by atoms with Gasteiger partial charge in [0.2, 0.25) is 12.1 Å². The highest BCUT2D eigenvalue weighted by Crippen LogP contribution is 2.47. The van der Waals surface area contributed by atoms with E-state index in [1.165, 1.54) is 0 Å². The van der Waals surface area contributed by atoms with Crippen molar-refractivity contribution < 1.29 is 19.2 Å². The fourth-order valence-corrected chi connectivity index (χ4v) is 4.45. The molecule has 0 bridgehead atoms. The molecule has 2 heterocycles. The molecule has 2 aromatic carbocycles. The van der Waals surface area contributed by atoms with E-state index in [2.05, 4.69) is 10.3 Å². The number of hydrogen-bond donors (Lipinski definition) is 3. The second-order valence-electron chi connectivity index (χ2n) is 8.55. The Kier molecular flexibility index (Phi) is 4.78. The highest BCUT2D eigenvalue weighted by atomic mass is 16.5. The number of nitrogens with two attached hydrogens (primary N) is 1. The Morgan fingerprint density at radius 3 is 2.75 bits per heavy atom. The van der Waals surface area contributed by atoms with E-state index in [0.29, 0.717) is 42.3 Å². The van der Waals surface area contributed by atoms with Gasteiger partial charge in [0.1, 0.15) is 17.6 Å². The quantitative estimate of drug-likeness (QED) is 0.371. The van der Waals surface area contributed by atoms with Gasteiger partial charge in [0.05, 0.1) is 29.3 Å². The summed E-state index contributed by atoms with van der Waals surface area (Å²) in [4.78, 5) is 20.4. The van der Waals surface area contributed by atoms with Crippen molar-refractivity contribution in [1.29, 1.82) is 0 Å².